The van der Waals surface area contributed by atoms with E-state index in [1.807, 2.05) is 12.3 Å². The Balaban J connectivity index is 1.35. The topological polar surface area (TPSA) is 73.9 Å². The lowest BCUT2D eigenvalue weighted by molar-refractivity contribution is -0.138. The summed E-state index contributed by atoms with van der Waals surface area (Å²) in [6.45, 7) is 3.01. The lowest BCUT2D eigenvalue weighted by Crippen LogP contribution is -2.37. The molecule has 0 bridgehead atoms. The third-order valence-corrected chi connectivity index (χ3v) is 5.70. The van der Waals surface area contributed by atoms with Crippen molar-refractivity contribution in [3.8, 4) is 0 Å². The van der Waals surface area contributed by atoms with Crippen molar-refractivity contribution in [3.05, 3.63) is 47.9 Å². The number of aryl methyl sites for hydroxylation is 1. The van der Waals surface area contributed by atoms with E-state index in [1.165, 1.54) is 19.3 Å². The highest BCUT2D eigenvalue weighted by Crippen LogP contribution is 2.33. The molecular weight excluding hydrogens is 407 g/mol. The van der Waals surface area contributed by atoms with Crippen molar-refractivity contribution in [1.82, 2.24) is 15.0 Å². The number of rotatable bonds is 6. The molecule has 1 saturated heterocycles. The number of Topliss-reactive ketones (excluding diaryl/α,β-unsaturated/α-hetero) is 1. The third kappa shape index (κ3) is 4.81. The molecular formula is C22H24F3N5O. The van der Waals surface area contributed by atoms with Gasteiger partial charge in [0.15, 0.2) is 5.78 Å². The second-order valence-corrected chi connectivity index (χ2v) is 8.02. The van der Waals surface area contributed by atoms with Crippen LogP contribution >= 0.6 is 0 Å². The zero-order valence-corrected chi connectivity index (χ0v) is 17.2. The van der Waals surface area contributed by atoms with Crippen LogP contribution in [0.3, 0.4) is 0 Å². The molecule has 0 spiro atoms. The zero-order valence-electron chi connectivity index (χ0n) is 17.2. The highest BCUT2D eigenvalue weighted by molar-refractivity contribution is 5.87. The highest BCUT2D eigenvalue weighted by Gasteiger charge is 2.32. The van der Waals surface area contributed by atoms with Gasteiger partial charge in [-0.2, -0.15) is 13.2 Å². The van der Waals surface area contributed by atoms with Crippen molar-refractivity contribution in [1.29, 1.82) is 0 Å². The minimum absolute atomic E-state index is 0.00637. The summed E-state index contributed by atoms with van der Waals surface area (Å²) in [6, 6.07) is 5.98. The number of nitrogens with one attached hydrogen (secondary N) is 2. The Labute approximate surface area is 177 Å². The first-order chi connectivity index (χ1) is 14.8. The van der Waals surface area contributed by atoms with E-state index in [0.29, 0.717) is 18.7 Å². The van der Waals surface area contributed by atoms with Gasteiger partial charge in [0.25, 0.3) is 0 Å². The molecule has 2 N–H and O–H groups in total. The standard InChI is InChI=1S/C22H24F3N5O/c1-14-4-5-16(10-19(14)22(23,24)25)27-11-17(31)9-15-3-2-8-30(12-15)21-18-6-7-26-20(18)28-13-29-21/h4-7,10,13,15,27H,2-3,8-9,11-12H2,1H3,(H,26,28,29). The molecule has 1 aliphatic rings. The number of ketones is 1. The molecule has 1 aromatic carbocycles. The second kappa shape index (κ2) is 8.56. The lowest BCUT2D eigenvalue weighted by atomic mass is 9.92. The van der Waals surface area contributed by atoms with Crippen LogP contribution in [0.4, 0.5) is 24.7 Å². The van der Waals surface area contributed by atoms with Crippen LogP contribution in [0, 0.1) is 12.8 Å². The van der Waals surface area contributed by atoms with Crippen molar-refractivity contribution in [3.63, 3.8) is 0 Å². The first-order valence-corrected chi connectivity index (χ1v) is 10.3. The number of hydrogen-bond acceptors (Lipinski definition) is 5. The summed E-state index contributed by atoms with van der Waals surface area (Å²) >= 11 is 0. The predicted octanol–water partition coefficient (Wildman–Crippen LogP) is 4.57. The van der Waals surface area contributed by atoms with Crippen molar-refractivity contribution in [2.45, 2.75) is 32.4 Å². The Kier molecular flexibility index (Phi) is 5.84. The predicted molar refractivity (Wildman–Crippen MR) is 113 cm³/mol. The van der Waals surface area contributed by atoms with Crippen LogP contribution in [0.5, 0.6) is 0 Å². The molecule has 0 amide bonds. The van der Waals surface area contributed by atoms with Crippen molar-refractivity contribution in [2.75, 3.05) is 29.9 Å². The average molecular weight is 431 g/mol. The van der Waals surface area contributed by atoms with Crippen molar-refractivity contribution in [2.24, 2.45) is 5.92 Å². The summed E-state index contributed by atoms with van der Waals surface area (Å²) in [7, 11) is 0. The maximum atomic E-state index is 13.1. The van der Waals surface area contributed by atoms with E-state index < -0.39 is 11.7 Å². The Morgan fingerprint density at radius 1 is 1.29 bits per heavy atom. The molecule has 164 valence electrons. The number of aromatic amines is 1. The van der Waals surface area contributed by atoms with E-state index in [9.17, 15) is 18.0 Å². The summed E-state index contributed by atoms with van der Waals surface area (Å²) in [4.78, 5) is 26.4. The van der Waals surface area contributed by atoms with Crippen LogP contribution < -0.4 is 10.2 Å². The Bertz CT molecular complexity index is 1080. The van der Waals surface area contributed by atoms with Crippen LogP contribution in [0.1, 0.15) is 30.4 Å². The quantitative estimate of drug-likeness (QED) is 0.598. The zero-order chi connectivity index (χ0) is 22.0. The van der Waals surface area contributed by atoms with Gasteiger partial charge in [-0.25, -0.2) is 9.97 Å². The fourth-order valence-corrected chi connectivity index (χ4v) is 4.17. The molecule has 3 heterocycles. The number of halogens is 3. The molecule has 2 aromatic heterocycles. The summed E-state index contributed by atoms with van der Waals surface area (Å²) < 4.78 is 39.2. The molecule has 0 saturated carbocycles. The molecule has 31 heavy (non-hydrogen) atoms. The molecule has 1 fully saturated rings. The fraction of sp³-hybridized carbons (Fsp3) is 0.409. The van der Waals surface area contributed by atoms with Gasteiger partial charge < -0.3 is 15.2 Å². The van der Waals surface area contributed by atoms with Gasteiger partial charge in [-0.3, -0.25) is 4.79 Å². The van der Waals surface area contributed by atoms with Gasteiger partial charge in [-0.15, -0.1) is 0 Å². The van der Waals surface area contributed by atoms with E-state index in [0.717, 1.165) is 42.3 Å². The third-order valence-electron chi connectivity index (χ3n) is 5.70. The van der Waals surface area contributed by atoms with Gasteiger partial charge in [0.2, 0.25) is 0 Å². The Morgan fingerprint density at radius 2 is 2.13 bits per heavy atom. The largest absolute Gasteiger partial charge is 0.416 e. The number of carbonyl (C=O) groups excluding carboxylic acids is 1. The number of carbonyl (C=O) groups is 1. The molecule has 0 aliphatic carbocycles. The summed E-state index contributed by atoms with van der Waals surface area (Å²) in [5, 5.41) is 3.80. The smallest absolute Gasteiger partial charge is 0.378 e. The minimum Gasteiger partial charge on any atom is -0.378 e. The second-order valence-electron chi connectivity index (χ2n) is 8.02. The van der Waals surface area contributed by atoms with Gasteiger partial charge in [0.05, 0.1) is 17.5 Å². The number of H-pyrrole nitrogens is 1. The van der Waals surface area contributed by atoms with Crippen LogP contribution in [0.15, 0.2) is 36.8 Å². The SMILES string of the molecule is Cc1ccc(NCC(=O)CC2CCCN(c3ncnc4[nH]ccc34)C2)cc1C(F)(F)F. The van der Waals surface area contributed by atoms with Gasteiger partial charge in [0, 0.05) is 31.4 Å². The van der Waals surface area contributed by atoms with Gasteiger partial charge in [-0.05, 0) is 49.4 Å². The number of hydrogen-bond donors (Lipinski definition) is 2. The minimum atomic E-state index is -4.41. The molecule has 0 radical (unpaired) electrons. The number of benzene rings is 1. The highest BCUT2D eigenvalue weighted by atomic mass is 19.4. The summed E-state index contributed by atoms with van der Waals surface area (Å²) in [5.41, 5.74) is 0.554. The maximum absolute atomic E-state index is 13.1. The van der Waals surface area contributed by atoms with Crippen LogP contribution in [0.2, 0.25) is 0 Å². The fourth-order valence-electron chi connectivity index (χ4n) is 4.17. The molecule has 6 nitrogen and oxygen atoms in total. The maximum Gasteiger partial charge on any atom is 0.416 e. The number of fused-ring (bicyclic) bond motifs is 1. The van der Waals surface area contributed by atoms with E-state index in [2.05, 4.69) is 25.2 Å². The normalized spacial score (nSPS) is 17.2. The molecule has 9 heteroatoms. The van der Waals surface area contributed by atoms with E-state index in [4.69, 9.17) is 0 Å². The first-order valence-electron chi connectivity index (χ1n) is 10.3. The van der Waals surface area contributed by atoms with Crippen molar-refractivity contribution >= 4 is 28.3 Å². The van der Waals surface area contributed by atoms with Crippen LogP contribution in [-0.2, 0) is 11.0 Å². The molecule has 4 rings (SSSR count). The number of aromatic nitrogens is 3. The van der Waals surface area contributed by atoms with Gasteiger partial charge in [-0.1, -0.05) is 6.07 Å². The van der Waals surface area contributed by atoms with E-state index in [-0.39, 0.29) is 23.8 Å². The van der Waals surface area contributed by atoms with Crippen LogP contribution in [-0.4, -0.2) is 40.4 Å². The monoisotopic (exact) mass is 431 g/mol. The number of anilines is 2. The first kappa shape index (κ1) is 21.1. The number of nitrogens with zero attached hydrogens (tertiary/aromatic N) is 3. The van der Waals surface area contributed by atoms with Gasteiger partial charge in [0.1, 0.15) is 17.8 Å². The van der Waals surface area contributed by atoms with Gasteiger partial charge >= 0.3 is 6.18 Å². The summed E-state index contributed by atoms with van der Waals surface area (Å²) in [6.07, 6.45) is 1.21. The lowest BCUT2D eigenvalue weighted by Gasteiger charge is -2.33. The molecule has 1 aliphatic heterocycles. The van der Waals surface area contributed by atoms with Crippen molar-refractivity contribution < 1.29 is 18.0 Å². The Hall–Kier alpha value is -3.10. The van der Waals surface area contributed by atoms with Crippen LogP contribution in [0.25, 0.3) is 11.0 Å². The molecule has 3 aromatic rings. The van der Waals surface area contributed by atoms with E-state index in [1.54, 1.807) is 6.07 Å². The number of piperidine rings is 1. The number of alkyl halides is 3. The average Bonchev–Trinajstić information content (AvgIpc) is 3.21. The molecule has 1 unspecified atom stereocenters. The van der Waals surface area contributed by atoms with E-state index >= 15 is 0 Å². The summed E-state index contributed by atoms with van der Waals surface area (Å²) in [5.74, 6) is 1.02. The molecule has 1 atom stereocenters. The Morgan fingerprint density at radius 3 is 2.94 bits per heavy atom.